The summed E-state index contributed by atoms with van der Waals surface area (Å²) in [6, 6.07) is 6.50. The van der Waals surface area contributed by atoms with Gasteiger partial charge in [0.05, 0.1) is 5.69 Å². The maximum Gasteiger partial charge on any atom is 0.422 e. The summed E-state index contributed by atoms with van der Waals surface area (Å²) in [5.41, 5.74) is 0.342. The van der Waals surface area contributed by atoms with Crippen molar-refractivity contribution in [2.24, 2.45) is 0 Å². The molecule has 1 rings (SSSR count). The van der Waals surface area contributed by atoms with Gasteiger partial charge in [0.25, 0.3) is 0 Å². The van der Waals surface area contributed by atoms with Crippen LogP contribution >= 0.6 is 15.9 Å². The van der Waals surface area contributed by atoms with Gasteiger partial charge in [0, 0.05) is 4.47 Å². The molecule has 0 spiro atoms. The number of rotatable bonds is 2. The second kappa shape index (κ2) is 5.20. The van der Waals surface area contributed by atoms with Crippen molar-refractivity contribution in [2.45, 2.75) is 6.18 Å². The standard InChI is InChI=1S/C9H7BrF3NO2/c10-6-3-1-2-4-7(6)14-8(15)16-5-9(11,12)13/h1-4H,5H2,(H,14,15). The Kier molecular flexibility index (Phi) is 4.17. The zero-order valence-corrected chi connectivity index (χ0v) is 9.43. The second-order valence-corrected chi connectivity index (χ2v) is 3.65. The molecule has 0 unspecified atom stereocenters. The van der Waals surface area contributed by atoms with Crippen LogP contribution in [0.4, 0.5) is 23.7 Å². The van der Waals surface area contributed by atoms with Crippen LogP contribution in [-0.2, 0) is 4.74 Å². The van der Waals surface area contributed by atoms with Crippen molar-refractivity contribution in [3.8, 4) is 0 Å². The van der Waals surface area contributed by atoms with Crippen LogP contribution in [0.15, 0.2) is 28.7 Å². The number of ether oxygens (including phenoxy) is 1. The molecule has 0 saturated heterocycles. The monoisotopic (exact) mass is 297 g/mol. The molecule has 0 atom stereocenters. The van der Waals surface area contributed by atoms with E-state index in [4.69, 9.17) is 0 Å². The van der Waals surface area contributed by atoms with Crippen LogP contribution in [0.2, 0.25) is 0 Å². The van der Waals surface area contributed by atoms with Crippen LogP contribution in [0.5, 0.6) is 0 Å². The number of alkyl halides is 3. The zero-order valence-electron chi connectivity index (χ0n) is 7.84. The van der Waals surface area contributed by atoms with E-state index in [0.29, 0.717) is 10.2 Å². The van der Waals surface area contributed by atoms with E-state index >= 15 is 0 Å². The fourth-order valence-electron chi connectivity index (χ4n) is 0.856. The molecule has 0 aromatic heterocycles. The molecule has 0 radical (unpaired) electrons. The van der Waals surface area contributed by atoms with Crippen LogP contribution < -0.4 is 5.32 Å². The zero-order chi connectivity index (χ0) is 12.2. The Bertz CT molecular complexity index is 381. The highest BCUT2D eigenvalue weighted by molar-refractivity contribution is 9.10. The van der Waals surface area contributed by atoms with Crippen LogP contribution in [0.25, 0.3) is 0 Å². The summed E-state index contributed by atoms with van der Waals surface area (Å²) in [5.74, 6) is 0. The van der Waals surface area contributed by atoms with E-state index in [-0.39, 0.29) is 0 Å². The van der Waals surface area contributed by atoms with Crippen molar-refractivity contribution >= 4 is 27.7 Å². The Balaban J connectivity index is 2.50. The van der Waals surface area contributed by atoms with Crippen molar-refractivity contribution in [3.05, 3.63) is 28.7 Å². The SMILES string of the molecule is O=C(Nc1ccccc1Br)OCC(F)(F)F. The third-order valence-electron chi connectivity index (χ3n) is 1.48. The van der Waals surface area contributed by atoms with Crippen LogP contribution in [-0.4, -0.2) is 18.9 Å². The Morgan fingerprint density at radius 2 is 2.00 bits per heavy atom. The van der Waals surface area contributed by atoms with Gasteiger partial charge in [-0.1, -0.05) is 12.1 Å². The number of nitrogens with one attached hydrogen (secondary N) is 1. The van der Waals surface area contributed by atoms with Crippen molar-refractivity contribution in [3.63, 3.8) is 0 Å². The predicted molar refractivity (Wildman–Crippen MR) is 55.2 cm³/mol. The number of benzene rings is 1. The largest absolute Gasteiger partial charge is 0.440 e. The minimum Gasteiger partial charge on any atom is -0.440 e. The van der Waals surface area contributed by atoms with Gasteiger partial charge in [-0.3, -0.25) is 5.32 Å². The number of para-hydroxylation sites is 1. The average Bonchev–Trinajstić information content (AvgIpc) is 2.18. The maximum absolute atomic E-state index is 11.7. The maximum atomic E-state index is 11.7. The number of hydrogen-bond donors (Lipinski definition) is 1. The summed E-state index contributed by atoms with van der Waals surface area (Å²) < 4.78 is 39.7. The summed E-state index contributed by atoms with van der Waals surface area (Å²) in [6.07, 6.45) is -5.67. The van der Waals surface area contributed by atoms with E-state index in [1.165, 1.54) is 6.07 Å². The molecule has 7 heteroatoms. The molecule has 0 fully saturated rings. The molecule has 0 aliphatic rings. The predicted octanol–water partition coefficient (Wildman–Crippen LogP) is 3.56. The molecule has 0 bridgehead atoms. The lowest BCUT2D eigenvalue weighted by atomic mass is 10.3. The number of anilines is 1. The van der Waals surface area contributed by atoms with Crippen molar-refractivity contribution in [1.82, 2.24) is 0 Å². The molecule has 88 valence electrons. The summed E-state index contributed by atoms with van der Waals surface area (Å²) in [7, 11) is 0. The van der Waals surface area contributed by atoms with Crippen LogP contribution in [0.3, 0.4) is 0 Å². The van der Waals surface area contributed by atoms with E-state index in [9.17, 15) is 18.0 Å². The fraction of sp³-hybridized carbons (Fsp3) is 0.222. The highest BCUT2D eigenvalue weighted by Crippen LogP contribution is 2.21. The quantitative estimate of drug-likeness (QED) is 0.906. The molecule has 1 aromatic carbocycles. The van der Waals surface area contributed by atoms with Gasteiger partial charge in [-0.25, -0.2) is 4.79 Å². The van der Waals surface area contributed by atoms with Crippen molar-refractivity contribution < 1.29 is 22.7 Å². The van der Waals surface area contributed by atoms with Crippen molar-refractivity contribution in [2.75, 3.05) is 11.9 Å². The summed E-state index contributed by atoms with van der Waals surface area (Å²) >= 11 is 3.12. The summed E-state index contributed by atoms with van der Waals surface area (Å²) in [5, 5.41) is 2.17. The average molecular weight is 298 g/mol. The highest BCUT2D eigenvalue weighted by Gasteiger charge is 2.29. The number of carbonyl (C=O) groups is 1. The lowest BCUT2D eigenvalue weighted by Crippen LogP contribution is -2.23. The molecule has 0 saturated carbocycles. The van der Waals surface area contributed by atoms with E-state index in [2.05, 4.69) is 26.0 Å². The first-order valence-corrected chi connectivity index (χ1v) is 4.93. The molecular formula is C9H7BrF3NO2. The van der Waals surface area contributed by atoms with Gasteiger partial charge in [0.15, 0.2) is 6.61 Å². The fourth-order valence-corrected chi connectivity index (χ4v) is 1.24. The molecule has 0 aliphatic carbocycles. The lowest BCUT2D eigenvalue weighted by Gasteiger charge is -2.09. The van der Waals surface area contributed by atoms with Crippen molar-refractivity contribution in [1.29, 1.82) is 0 Å². The van der Waals surface area contributed by atoms with Crippen LogP contribution in [0, 0.1) is 0 Å². The molecular weight excluding hydrogens is 291 g/mol. The number of amides is 1. The van der Waals surface area contributed by atoms with E-state index in [1.54, 1.807) is 18.2 Å². The smallest absolute Gasteiger partial charge is 0.422 e. The normalized spacial score (nSPS) is 11.0. The van der Waals surface area contributed by atoms with Crippen LogP contribution in [0.1, 0.15) is 0 Å². The molecule has 1 N–H and O–H groups in total. The third kappa shape index (κ3) is 4.52. The van der Waals surface area contributed by atoms with Gasteiger partial charge in [-0.2, -0.15) is 13.2 Å². The van der Waals surface area contributed by atoms with Gasteiger partial charge < -0.3 is 4.74 Å². The molecule has 1 aromatic rings. The van der Waals surface area contributed by atoms with E-state index < -0.39 is 18.9 Å². The van der Waals surface area contributed by atoms with Gasteiger partial charge in [-0.15, -0.1) is 0 Å². The Labute approximate surface area is 97.7 Å². The number of hydrogen-bond acceptors (Lipinski definition) is 2. The Hall–Kier alpha value is -1.24. The molecule has 3 nitrogen and oxygen atoms in total. The number of halogens is 4. The summed E-state index contributed by atoms with van der Waals surface area (Å²) in [4.78, 5) is 11.0. The summed E-state index contributed by atoms with van der Waals surface area (Å²) in [6.45, 7) is -1.61. The first kappa shape index (κ1) is 12.8. The van der Waals surface area contributed by atoms with Gasteiger partial charge in [-0.05, 0) is 28.1 Å². The van der Waals surface area contributed by atoms with Gasteiger partial charge in [0.2, 0.25) is 0 Å². The van der Waals surface area contributed by atoms with E-state index in [0.717, 1.165) is 0 Å². The number of carbonyl (C=O) groups excluding carboxylic acids is 1. The molecule has 0 aliphatic heterocycles. The molecule has 16 heavy (non-hydrogen) atoms. The van der Waals surface area contributed by atoms with Gasteiger partial charge >= 0.3 is 12.3 Å². The third-order valence-corrected chi connectivity index (χ3v) is 2.17. The lowest BCUT2D eigenvalue weighted by molar-refractivity contribution is -0.159. The first-order valence-electron chi connectivity index (χ1n) is 4.13. The Morgan fingerprint density at radius 1 is 1.38 bits per heavy atom. The Morgan fingerprint density at radius 3 is 2.56 bits per heavy atom. The molecule has 1 amide bonds. The van der Waals surface area contributed by atoms with E-state index in [1.807, 2.05) is 0 Å². The minimum atomic E-state index is -4.52. The molecule has 0 heterocycles. The van der Waals surface area contributed by atoms with Gasteiger partial charge in [0.1, 0.15) is 0 Å². The second-order valence-electron chi connectivity index (χ2n) is 2.80. The topological polar surface area (TPSA) is 38.3 Å². The highest BCUT2D eigenvalue weighted by atomic mass is 79.9. The minimum absolute atomic E-state index is 0.342. The first-order chi connectivity index (χ1) is 7.38.